The molecule has 0 aliphatic carbocycles. The summed E-state index contributed by atoms with van der Waals surface area (Å²) in [5.74, 6) is -0.213. The molecule has 0 fully saturated rings. The minimum atomic E-state index is -0.213. The minimum Gasteiger partial charge on any atom is -0.309 e. The van der Waals surface area contributed by atoms with Crippen LogP contribution in [0.5, 0.6) is 0 Å². The molecule has 1 atom stereocenters. The van der Waals surface area contributed by atoms with Gasteiger partial charge in [0, 0.05) is 19.8 Å². The molecule has 0 saturated carbocycles. The van der Waals surface area contributed by atoms with Crippen LogP contribution in [0.25, 0.3) is 0 Å². The molecule has 0 aliphatic rings. The zero-order valence-corrected chi connectivity index (χ0v) is 13.9. The van der Waals surface area contributed by atoms with Gasteiger partial charge in [-0.3, -0.25) is 0 Å². The highest BCUT2D eigenvalue weighted by molar-refractivity contribution is 9.10. The molecule has 0 saturated heterocycles. The van der Waals surface area contributed by atoms with Gasteiger partial charge in [0.05, 0.1) is 10.5 Å². The van der Waals surface area contributed by atoms with Crippen molar-refractivity contribution in [3.05, 3.63) is 54.3 Å². The first-order valence-corrected chi connectivity index (χ1v) is 7.82. The normalized spacial score (nSPS) is 12.7. The molecule has 0 amide bonds. The van der Waals surface area contributed by atoms with Crippen molar-refractivity contribution in [2.75, 3.05) is 7.05 Å². The van der Waals surface area contributed by atoms with Crippen LogP contribution in [0.2, 0.25) is 0 Å². The summed E-state index contributed by atoms with van der Waals surface area (Å²) < 4.78 is 15.7. The average molecular weight is 393 g/mol. The van der Waals surface area contributed by atoms with E-state index in [2.05, 4.69) is 43.2 Å². The maximum atomic E-state index is 14.2. The van der Waals surface area contributed by atoms with Gasteiger partial charge in [0.25, 0.3) is 0 Å². The van der Waals surface area contributed by atoms with Crippen LogP contribution in [0.1, 0.15) is 21.4 Å². The number of halogens is 3. The summed E-state index contributed by atoms with van der Waals surface area (Å²) >= 11 is 8.43. The van der Waals surface area contributed by atoms with Crippen molar-refractivity contribution in [2.45, 2.75) is 13.0 Å². The first-order chi connectivity index (χ1) is 8.54. The Morgan fingerprint density at radius 3 is 2.56 bits per heavy atom. The molecule has 5 heteroatoms. The fourth-order valence-corrected chi connectivity index (χ4v) is 4.26. The molecule has 0 spiro atoms. The number of aryl methyl sites for hydroxylation is 1. The van der Waals surface area contributed by atoms with E-state index in [-0.39, 0.29) is 11.9 Å². The molecule has 0 bridgehead atoms. The lowest BCUT2D eigenvalue weighted by atomic mass is 10.1. The highest BCUT2D eigenvalue weighted by atomic mass is 79.9. The maximum Gasteiger partial charge on any atom is 0.142 e. The third-order valence-electron chi connectivity index (χ3n) is 2.68. The van der Waals surface area contributed by atoms with Crippen molar-refractivity contribution in [3.8, 4) is 0 Å². The van der Waals surface area contributed by atoms with Crippen molar-refractivity contribution in [1.82, 2.24) is 5.32 Å². The van der Waals surface area contributed by atoms with E-state index < -0.39 is 0 Å². The Kier molecular flexibility index (Phi) is 4.59. The number of hydrogen-bond donors (Lipinski definition) is 1. The van der Waals surface area contributed by atoms with E-state index in [1.54, 1.807) is 17.4 Å². The van der Waals surface area contributed by atoms with Gasteiger partial charge in [-0.05, 0) is 58.0 Å². The van der Waals surface area contributed by atoms with Gasteiger partial charge in [-0.25, -0.2) is 4.39 Å². The van der Waals surface area contributed by atoms with Crippen LogP contribution in [0, 0.1) is 12.7 Å². The van der Waals surface area contributed by atoms with Crippen molar-refractivity contribution < 1.29 is 4.39 Å². The third kappa shape index (κ3) is 2.69. The van der Waals surface area contributed by atoms with E-state index in [1.165, 1.54) is 4.88 Å². The molecule has 1 aromatic heterocycles. The topological polar surface area (TPSA) is 12.0 Å². The minimum absolute atomic E-state index is 0.143. The fraction of sp³-hybridized carbons (Fsp3) is 0.231. The summed E-state index contributed by atoms with van der Waals surface area (Å²) in [7, 11) is 1.84. The number of benzene rings is 1. The SMILES string of the molecule is CNC(c1cccc(Br)c1F)c1sc(C)cc1Br. The standard InChI is InChI=1S/C13H12Br2FNS/c1-7-6-10(15)13(18-7)12(17-2)8-4-3-5-9(14)11(8)16/h3-6,12,17H,1-2H3. The Morgan fingerprint density at radius 2 is 2.00 bits per heavy atom. The van der Waals surface area contributed by atoms with E-state index in [0.29, 0.717) is 10.0 Å². The Hall–Kier alpha value is -0.230. The predicted molar refractivity (Wildman–Crippen MR) is 81.8 cm³/mol. The molecule has 1 N–H and O–H groups in total. The molecule has 0 radical (unpaired) electrons. The van der Waals surface area contributed by atoms with Crippen LogP contribution in [0.4, 0.5) is 4.39 Å². The summed E-state index contributed by atoms with van der Waals surface area (Å²) in [6.07, 6.45) is 0. The second-order valence-electron chi connectivity index (χ2n) is 3.93. The monoisotopic (exact) mass is 391 g/mol. The van der Waals surface area contributed by atoms with Crippen LogP contribution >= 0.6 is 43.2 Å². The number of thiophene rings is 1. The molecule has 1 heterocycles. The largest absolute Gasteiger partial charge is 0.309 e. The molecule has 1 aromatic carbocycles. The Bertz CT molecular complexity index is 568. The van der Waals surface area contributed by atoms with Crippen molar-refractivity contribution in [3.63, 3.8) is 0 Å². The molecule has 18 heavy (non-hydrogen) atoms. The van der Waals surface area contributed by atoms with Gasteiger partial charge >= 0.3 is 0 Å². The lowest BCUT2D eigenvalue weighted by molar-refractivity contribution is 0.573. The van der Waals surface area contributed by atoms with Crippen LogP contribution in [-0.2, 0) is 0 Å². The van der Waals surface area contributed by atoms with E-state index >= 15 is 0 Å². The lowest BCUT2D eigenvalue weighted by Crippen LogP contribution is -2.18. The summed E-state index contributed by atoms with van der Waals surface area (Å²) in [4.78, 5) is 2.29. The molecular formula is C13H12Br2FNS. The zero-order chi connectivity index (χ0) is 13.3. The van der Waals surface area contributed by atoms with Gasteiger partial charge < -0.3 is 5.32 Å². The van der Waals surface area contributed by atoms with Gasteiger partial charge in [0.1, 0.15) is 5.82 Å². The maximum absolute atomic E-state index is 14.2. The molecule has 1 unspecified atom stereocenters. The summed E-state index contributed by atoms with van der Waals surface area (Å²) in [6.45, 7) is 2.04. The van der Waals surface area contributed by atoms with Crippen molar-refractivity contribution in [1.29, 1.82) is 0 Å². The molecule has 2 rings (SSSR count). The summed E-state index contributed by atoms with van der Waals surface area (Å²) in [5, 5.41) is 3.18. The van der Waals surface area contributed by atoms with E-state index in [9.17, 15) is 4.39 Å². The quantitative estimate of drug-likeness (QED) is 0.772. The Balaban J connectivity index is 2.52. The Morgan fingerprint density at radius 1 is 1.28 bits per heavy atom. The first kappa shape index (κ1) is 14.2. The average Bonchev–Trinajstić information content (AvgIpc) is 2.65. The fourth-order valence-electron chi connectivity index (χ4n) is 1.87. The smallest absolute Gasteiger partial charge is 0.142 e. The summed E-state index contributed by atoms with van der Waals surface area (Å²) in [6, 6.07) is 7.28. The van der Waals surface area contributed by atoms with E-state index in [0.717, 1.165) is 9.35 Å². The first-order valence-electron chi connectivity index (χ1n) is 5.41. The van der Waals surface area contributed by atoms with Gasteiger partial charge in [-0.15, -0.1) is 11.3 Å². The zero-order valence-electron chi connectivity index (χ0n) is 9.93. The number of rotatable bonds is 3. The van der Waals surface area contributed by atoms with Crippen LogP contribution in [0.3, 0.4) is 0 Å². The van der Waals surface area contributed by atoms with Gasteiger partial charge in [-0.1, -0.05) is 12.1 Å². The van der Waals surface area contributed by atoms with Gasteiger partial charge in [0.2, 0.25) is 0 Å². The Labute approximate surface area is 127 Å². The molecule has 96 valence electrons. The third-order valence-corrected chi connectivity index (χ3v) is 5.33. The van der Waals surface area contributed by atoms with Crippen molar-refractivity contribution in [2.24, 2.45) is 0 Å². The van der Waals surface area contributed by atoms with Gasteiger partial charge in [0.15, 0.2) is 0 Å². The van der Waals surface area contributed by atoms with E-state index in [4.69, 9.17) is 0 Å². The highest BCUT2D eigenvalue weighted by Gasteiger charge is 2.21. The summed E-state index contributed by atoms with van der Waals surface area (Å²) in [5.41, 5.74) is 0.648. The lowest BCUT2D eigenvalue weighted by Gasteiger charge is -2.17. The second-order valence-corrected chi connectivity index (χ2v) is 6.93. The molecular weight excluding hydrogens is 381 g/mol. The molecule has 0 aliphatic heterocycles. The van der Waals surface area contributed by atoms with Crippen molar-refractivity contribution >= 4 is 43.2 Å². The number of hydrogen-bond acceptors (Lipinski definition) is 2. The highest BCUT2D eigenvalue weighted by Crippen LogP contribution is 2.37. The molecule has 2 aromatic rings. The van der Waals surface area contributed by atoms with Gasteiger partial charge in [-0.2, -0.15) is 0 Å². The van der Waals surface area contributed by atoms with E-state index in [1.807, 2.05) is 26.1 Å². The van der Waals surface area contributed by atoms with Crippen LogP contribution in [-0.4, -0.2) is 7.05 Å². The second kappa shape index (κ2) is 5.82. The van der Waals surface area contributed by atoms with Crippen LogP contribution in [0.15, 0.2) is 33.2 Å². The predicted octanol–water partition coefficient (Wildman–Crippen LogP) is 5.03. The molecule has 1 nitrogen and oxygen atoms in total. The number of nitrogens with one attached hydrogen (secondary N) is 1. The van der Waals surface area contributed by atoms with Crippen LogP contribution < -0.4 is 5.32 Å².